The van der Waals surface area contributed by atoms with E-state index in [0.29, 0.717) is 25.7 Å². The molecule has 0 aromatic heterocycles. The Morgan fingerprint density at radius 3 is 2.50 bits per heavy atom. The molecule has 1 fully saturated rings. The van der Waals surface area contributed by atoms with Crippen molar-refractivity contribution in [1.29, 1.82) is 0 Å². The first-order valence-corrected chi connectivity index (χ1v) is 5.72. The van der Waals surface area contributed by atoms with Crippen molar-refractivity contribution in [2.75, 3.05) is 6.54 Å². The van der Waals surface area contributed by atoms with Gasteiger partial charge >= 0.3 is 5.97 Å². The number of hydrogen-bond donors (Lipinski definition) is 3. The highest BCUT2D eigenvalue weighted by atomic mass is 16.4. The zero-order valence-corrected chi connectivity index (χ0v) is 9.66. The van der Waals surface area contributed by atoms with E-state index in [0.717, 1.165) is 6.42 Å². The molecule has 0 bridgehead atoms. The van der Waals surface area contributed by atoms with Crippen molar-refractivity contribution in [2.24, 2.45) is 11.1 Å². The minimum atomic E-state index is -0.800. The van der Waals surface area contributed by atoms with Crippen LogP contribution in [0.3, 0.4) is 0 Å². The predicted molar refractivity (Wildman–Crippen MR) is 59.8 cm³/mol. The highest BCUT2D eigenvalue weighted by molar-refractivity contribution is 5.79. The van der Waals surface area contributed by atoms with Crippen molar-refractivity contribution >= 4 is 11.9 Å². The summed E-state index contributed by atoms with van der Waals surface area (Å²) >= 11 is 0. The summed E-state index contributed by atoms with van der Waals surface area (Å²) in [7, 11) is 0. The van der Waals surface area contributed by atoms with E-state index in [9.17, 15) is 9.59 Å². The number of aliphatic carboxylic acids is 1. The molecule has 92 valence electrons. The molecule has 1 rings (SSSR count). The van der Waals surface area contributed by atoms with E-state index in [1.54, 1.807) is 0 Å². The molecule has 0 heterocycles. The molecule has 1 amide bonds. The van der Waals surface area contributed by atoms with Gasteiger partial charge in [-0.15, -0.1) is 0 Å². The molecule has 1 saturated carbocycles. The molecule has 1 aliphatic carbocycles. The quantitative estimate of drug-likeness (QED) is 0.616. The molecule has 0 radical (unpaired) electrons. The average Bonchev–Trinajstić information content (AvgIpc) is 2.12. The zero-order chi connectivity index (χ0) is 12.2. The first-order chi connectivity index (χ1) is 7.46. The SMILES string of the molecule is CC(N)CCC(=O)NCC1(C(=O)O)CCC1. The topological polar surface area (TPSA) is 92.4 Å². The Morgan fingerprint density at radius 2 is 2.12 bits per heavy atom. The summed E-state index contributed by atoms with van der Waals surface area (Å²) in [4.78, 5) is 22.4. The van der Waals surface area contributed by atoms with Gasteiger partial charge in [-0.2, -0.15) is 0 Å². The normalized spacial score (nSPS) is 19.6. The third kappa shape index (κ3) is 3.20. The van der Waals surface area contributed by atoms with Crippen LogP contribution < -0.4 is 11.1 Å². The zero-order valence-electron chi connectivity index (χ0n) is 9.66. The monoisotopic (exact) mass is 228 g/mol. The molecule has 0 saturated heterocycles. The van der Waals surface area contributed by atoms with Gasteiger partial charge in [-0.05, 0) is 26.2 Å². The summed E-state index contributed by atoms with van der Waals surface area (Å²) in [6.07, 6.45) is 3.26. The fraction of sp³-hybridized carbons (Fsp3) is 0.818. The Hall–Kier alpha value is -1.10. The molecular formula is C11H20N2O3. The molecular weight excluding hydrogens is 208 g/mol. The first-order valence-electron chi connectivity index (χ1n) is 5.72. The first kappa shape index (κ1) is 13.0. The highest BCUT2D eigenvalue weighted by Crippen LogP contribution is 2.40. The maximum Gasteiger partial charge on any atom is 0.311 e. The summed E-state index contributed by atoms with van der Waals surface area (Å²) < 4.78 is 0. The van der Waals surface area contributed by atoms with Gasteiger partial charge in [0.1, 0.15) is 0 Å². The average molecular weight is 228 g/mol. The number of carboxylic acids is 1. The van der Waals surface area contributed by atoms with E-state index in [-0.39, 0.29) is 18.5 Å². The minimum absolute atomic E-state index is 0.00267. The Kier molecular flexibility index (Phi) is 4.29. The van der Waals surface area contributed by atoms with Crippen LogP contribution in [0, 0.1) is 5.41 Å². The van der Waals surface area contributed by atoms with Crippen LogP contribution in [-0.2, 0) is 9.59 Å². The van der Waals surface area contributed by atoms with Gasteiger partial charge in [0.2, 0.25) is 5.91 Å². The molecule has 0 aromatic carbocycles. The number of carbonyl (C=O) groups is 2. The summed E-state index contributed by atoms with van der Waals surface area (Å²) in [6, 6.07) is 0.00267. The van der Waals surface area contributed by atoms with E-state index in [4.69, 9.17) is 10.8 Å². The maximum absolute atomic E-state index is 11.4. The fourth-order valence-electron chi connectivity index (χ4n) is 1.78. The molecule has 0 aromatic rings. The summed E-state index contributed by atoms with van der Waals surface area (Å²) in [5.41, 5.74) is 4.83. The molecule has 1 unspecified atom stereocenters. The van der Waals surface area contributed by atoms with Crippen molar-refractivity contribution in [3.8, 4) is 0 Å². The van der Waals surface area contributed by atoms with Crippen LogP contribution in [0.2, 0.25) is 0 Å². The van der Waals surface area contributed by atoms with Crippen LogP contribution in [-0.4, -0.2) is 29.6 Å². The lowest BCUT2D eigenvalue weighted by Crippen LogP contribution is -2.47. The van der Waals surface area contributed by atoms with Gasteiger partial charge in [-0.3, -0.25) is 9.59 Å². The maximum atomic E-state index is 11.4. The number of hydrogen-bond acceptors (Lipinski definition) is 3. The van der Waals surface area contributed by atoms with Gasteiger partial charge in [0.05, 0.1) is 5.41 Å². The summed E-state index contributed by atoms with van der Waals surface area (Å²) in [5, 5.41) is 11.7. The largest absolute Gasteiger partial charge is 0.481 e. The van der Waals surface area contributed by atoms with Crippen LogP contribution in [0.1, 0.15) is 39.0 Å². The van der Waals surface area contributed by atoms with Crippen LogP contribution in [0.4, 0.5) is 0 Å². The minimum Gasteiger partial charge on any atom is -0.481 e. The van der Waals surface area contributed by atoms with Crippen molar-refractivity contribution in [3.63, 3.8) is 0 Å². The number of nitrogens with two attached hydrogens (primary N) is 1. The Labute approximate surface area is 95.4 Å². The summed E-state index contributed by atoms with van der Waals surface area (Å²) in [6.45, 7) is 2.10. The second kappa shape index (κ2) is 5.30. The van der Waals surface area contributed by atoms with Crippen molar-refractivity contribution in [3.05, 3.63) is 0 Å². The Bertz CT molecular complexity index is 272. The third-order valence-electron chi connectivity index (χ3n) is 3.22. The lowest BCUT2D eigenvalue weighted by Gasteiger charge is -2.37. The number of nitrogens with one attached hydrogen (secondary N) is 1. The lowest BCUT2D eigenvalue weighted by atomic mass is 9.69. The van der Waals surface area contributed by atoms with Gasteiger partial charge in [0, 0.05) is 19.0 Å². The van der Waals surface area contributed by atoms with Gasteiger partial charge in [0.15, 0.2) is 0 Å². The number of rotatable bonds is 6. The molecule has 16 heavy (non-hydrogen) atoms. The molecule has 5 heteroatoms. The van der Waals surface area contributed by atoms with E-state index in [1.807, 2.05) is 6.92 Å². The second-order valence-corrected chi connectivity index (χ2v) is 4.73. The number of carboxylic acid groups (broad SMARTS) is 1. The Balaban J connectivity index is 2.28. The van der Waals surface area contributed by atoms with Crippen molar-refractivity contribution < 1.29 is 14.7 Å². The van der Waals surface area contributed by atoms with Crippen molar-refractivity contribution in [1.82, 2.24) is 5.32 Å². The van der Waals surface area contributed by atoms with Crippen LogP contribution >= 0.6 is 0 Å². The number of carbonyl (C=O) groups excluding carboxylic acids is 1. The van der Waals surface area contributed by atoms with Gasteiger partial charge in [-0.1, -0.05) is 6.42 Å². The standard InChI is InChI=1S/C11H20N2O3/c1-8(12)3-4-9(14)13-7-11(10(15)16)5-2-6-11/h8H,2-7,12H2,1H3,(H,13,14)(H,15,16). The van der Waals surface area contributed by atoms with Gasteiger partial charge in [0.25, 0.3) is 0 Å². The van der Waals surface area contributed by atoms with E-state index in [1.165, 1.54) is 0 Å². The van der Waals surface area contributed by atoms with E-state index >= 15 is 0 Å². The summed E-state index contributed by atoms with van der Waals surface area (Å²) in [5.74, 6) is -0.906. The molecule has 4 N–H and O–H groups in total. The molecule has 0 aliphatic heterocycles. The second-order valence-electron chi connectivity index (χ2n) is 4.73. The molecule has 1 aliphatic rings. The third-order valence-corrected chi connectivity index (χ3v) is 3.22. The Morgan fingerprint density at radius 1 is 1.50 bits per heavy atom. The van der Waals surface area contributed by atoms with Gasteiger partial charge < -0.3 is 16.2 Å². The molecule has 0 spiro atoms. The highest BCUT2D eigenvalue weighted by Gasteiger charge is 2.44. The van der Waals surface area contributed by atoms with Gasteiger partial charge in [-0.25, -0.2) is 0 Å². The number of amides is 1. The smallest absolute Gasteiger partial charge is 0.311 e. The lowest BCUT2D eigenvalue weighted by molar-refractivity contribution is -0.154. The molecule has 1 atom stereocenters. The van der Waals surface area contributed by atoms with Crippen molar-refractivity contribution in [2.45, 2.75) is 45.1 Å². The van der Waals surface area contributed by atoms with Crippen LogP contribution in [0.15, 0.2) is 0 Å². The molecule has 5 nitrogen and oxygen atoms in total. The van der Waals surface area contributed by atoms with E-state index < -0.39 is 11.4 Å². The predicted octanol–water partition coefficient (Wildman–Crippen LogP) is 0.485. The van der Waals surface area contributed by atoms with E-state index in [2.05, 4.69) is 5.32 Å². The van der Waals surface area contributed by atoms with Crippen LogP contribution in [0.25, 0.3) is 0 Å². The fourth-order valence-corrected chi connectivity index (χ4v) is 1.78. The van der Waals surface area contributed by atoms with Crippen LogP contribution in [0.5, 0.6) is 0 Å².